The molecule has 1 fully saturated rings. The molecular weight excluding hydrogens is 312 g/mol. The number of hydrogen-bond donors (Lipinski definition) is 1. The van der Waals surface area contributed by atoms with Crippen molar-refractivity contribution in [3.05, 3.63) is 34.7 Å². The minimum absolute atomic E-state index is 0.198. The number of amides is 1. The molecule has 1 aliphatic heterocycles. The third-order valence-corrected chi connectivity index (χ3v) is 4.81. The molecule has 2 aromatic heterocycles. The second kappa shape index (κ2) is 6.97. The maximum absolute atomic E-state index is 12.2. The Bertz CT molecular complexity index is 663. The number of thiophene rings is 1. The Balaban J connectivity index is 1.64. The standard InChI is InChI=1S/C16H20N4O2S/c1-19-6-8-20(9-7-19)12-3-4-14(17-11-12)18-16(21)15-13(22-2)5-10-23-15/h3-5,10-11H,6-9H2,1-2H3,(H,17,18,21). The molecule has 1 saturated heterocycles. The van der Waals surface area contributed by atoms with Crippen LogP contribution in [0.3, 0.4) is 0 Å². The number of carbonyl (C=O) groups excluding carboxylic acids is 1. The summed E-state index contributed by atoms with van der Waals surface area (Å²) in [6.45, 7) is 4.10. The molecule has 1 aliphatic rings. The molecule has 23 heavy (non-hydrogen) atoms. The zero-order valence-corrected chi connectivity index (χ0v) is 14.1. The monoisotopic (exact) mass is 332 g/mol. The van der Waals surface area contributed by atoms with E-state index in [0.717, 1.165) is 31.9 Å². The third kappa shape index (κ3) is 3.62. The van der Waals surface area contributed by atoms with E-state index in [1.807, 2.05) is 23.7 Å². The molecular formula is C16H20N4O2S. The zero-order chi connectivity index (χ0) is 16.2. The number of carbonyl (C=O) groups is 1. The highest BCUT2D eigenvalue weighted by Gasteiger charge is 2.16. The van der Waals surface area contributed by atoms with Crippen LogP contribution >= 0.6 is 11.3 Å². The van der Waals surface area contributed by atoms with Gasteiger partial charge in [-0.1, -0.05) is 0 Å². The summed E-state index contributed by atoms with van der Waals surface area (Å²) in [6, 6.07) is 5.62. The lowest BCUT2D eigenvalue weighted by Gasteiger charge is -2.33. The number of rotatable bonds is 4. The summed E-state index contributed by atoms with van der Waals surface area (Å²) in [5.74, 6) is 0.932. The van der Waals surface area contributed by atoms with Gasteiger partial charge in [0.1, 0.15) is 16.4 Å². The van der Waals surface area contributed by atoms with Gasteiger partial charge in [0.2, 0.25) is 0 Å². The molecule has 6 nitrogen and oxygen atoms in total. The Kier molecular flexibility index (Phi) is 4.78. The van der Waals surface area contributed by atoms with Crippen molar-refractivity contribution in [1.82, 2.24) is 9.88 Å². The first-order valence-corrected chi connectivity index (χ1v) is 8.37. The van der Waals surface area contributed by atoms with Crippen molar-refractivity contribution in [3.8, 4) is 5.75 Å². The van der Waals surface area contributed by atoms with Crippen molar-refractivity contribution in [2.24, 2.45) is 0 Å². The summed E-state index contributed by atoms with van der Waals surface area (Å²) < 4.78 is 5.17. The van der Waals surface area contributed by atoms with Gasteiger partial charge < -0.3 is 19.9 Å². The first-order chi connectivity index (χ1) is 11.2. The van der Waals surface area contributed by atoms with Gasteiger partial charge >= 0.3 is 0 Å². The summed E-state index contributed by atoms with van der Waals surface area (Å²) in [5, 5.41) is 4.64. The van der Waals surface area contributed by atoms with E-state index in [9.17, 15) is 4.79 Å². The van der Waals surface area contributed by atoms with Gasteiger partial charge in [0.15, 0.2) is 0 Å². The Labute approximate surface area is 139 Å². The van der Waals surface area contributed by atoms with Gasteiger partial charge in [-0.05, 0) is 30.6 Å². The van der Waals surface area contributed by atoms with E-state index in [0.29, 0.717) is 16.4 Å². The average molecular weight is 332 g/mol. The van der Waals surface area contributed by atoms with E-state index in [-0.39, 0.29) is 5.91 Å². The van der Waals surface area contributed by atoms with Crippen molar-refractivity contribution >= 4 is 28.7 Å². The van der Waals surface area contributed by atoms with E-state index in [1.54, 1.807) is 13.2 Å². The van der Waals surface area contributed by atoms with Crippen LogP contribution in [0.2, 0.25) is 0 Å². The predicted molar refractivity (Wildman–Crippen MR) is 92.8 cm³/mol. The fourth-order valence-corrected chi connectivity index (χ4v) is 3.26. The van der Waals surface area contributed by atoms with Crippen LogP contribution in [0.1, 0.15) is 9.67 Å². The zero-order valence-electron chi connectivity index (χ0n) is 13.3. The second-order valence-electron chi connectivity index (χ2n) is 5.46. The third-order valence-electron chi connectivity index (χ3n) is 3.91. The maximum Gasteiger partial charge on any atom is 0.270 e. The van der Waals surface area contributed by atoms with Gasteiger partial charge in [0.05, 0.1) is 19.0 Å². The van der Waals surface area contributed by atoms with Gasteiger partial charge in [-0.2, -0.15) is 0 Å². The lowest BCUT2D eigenvalue weighted by atomic mass is 10.3. The van der Waals surface area contributed by atoms with Crippen molar-refractivity contribution in [2.45, 2.75) is 0 Å². The molecule has 7 heteroatoms. The number of nitrogens with zero attached hydrogens (tertiary/aromatic N) is 3. The SMILES string of the molecule is COc1ccsc1C(=O)Nc1ccc(N2CCN(C)CC2)cn1. The smallest absolute Gasteiger partial charge is 0.270 e. The number of piperazine rings is 1. The number of nitrogens with one attached hydrogen (secondary N) is 1. The maximum atomic E-state index is 12.2. The van der Waals surface area contributed by atoms with Gasteiger partial charge in [-0.3, -0.25) is 4.79 Å². The number of ether oxygens (including phenoxy) is 1. The molecule has 0 spiro atoms. The Morgan fingerprint density at radius 2 is 2.04 bits per heavy atom. The molecule has 1 amide bonds. The number of methoxy groups -OCH3 is 1. The quantitative estimate of drug-likeness (QED) is 0.930. The molecule has 1 N–H and O–H groups in total. The molecule has 0 aliphatic carbocycles. The normalized spacial score (nSPS) is 15.5. The van der Waals surface area contributed by atoms with Crippen LogP contribution in [0, 0.1) is 0 Å². The molecule has 122 valence electrons. The Morgan fingerprint density at radius 1 is 1.26 bits per heavy atom. The molecule has 0 bridgehead atoms. The Hall–Kier alpha value is -2.12. The van der Waals surface area contributed by atoms with Crippen LogP contribution in [-0.4, -0.2) is 56.1 Å². The number of anilines is 2. The summed E-state index contributed by atoms with van der Waals surface area (Å²) in [7, 11) is 3.69. The summed E-state index contributed by atoms with van der Waals surface area (Å²) in [5.41, 5.74) is 1.09. The topological polar surface area (TPSA) is 57.7 Å². The van der Waals surface area contributed by atoms with E-state index >= 15 is 0 Å². The Morgan fingerprint density at radius 3 is 2.70 bits per heavy atom. The van der Waals surface area contributed by atoms with E-state index in [2.05, 4.69) is 27.1 Å². The van der Waals surface area contributed by atoms with E-state index in [4.69, 9.17) is 4.74 Å². The average Bonchev–Trinajstić information content (AvgIpc) is 3.05. The number of hydrogen-bond acceptors (Lipinski definition) is 6. The highest BCUT2D eigenvalue weighted by atomic mass is 32.1. The number of pyridine rings is 1. The highest BCUT2D eigenvalue weighted by molar-refractivity contribution is 7.12. The van der Waals surface area contributed by atoms with Gasteiger partial charge in [-0.15, -0.1) is 11.3 Å². The van der Waals surface area contributed by atoms with Crippen molar-refractivity contribution in [3.63, 3.8) is 0 Å². The first-order valence-electron chi connectivity index (χ1n) is 7.50. The van der Waals surface area contributed by atoms with Crippen molar-refractivity contribution in [2.75, 3.05) is 50.6 Å². The van der Waals surface area contributed by atoms with Crippen LogP contribution in [0.25, 0.3) is 0 Å². The number of likely N-dealkylation sites (N-methyl/N-ethyl adjacent to an activating group) is 1. The number of aromatic nitrogens is 1. The largest absolute Gasteiger partial charge is 0.495 e. The fraction of sp³-hybridized carbons (Fsp3) is 0.375. The van der Waals surface area contributed by atoms with Gasteiger partial charge in [0, 0.05) is 26.2 Å². The molecule has 0 saturated carbocycles. The molecule has 0 aromatic carbocycles. The molecule has 0 atom stereocenters. The molecule has 0 radical (unpaired) electrons. The fourth-order valence-electron chi connectivity index (χ4n) is 2.51. The van der Waals surface area contributed by atoms with Gasteiger partial charge in [0.25, 0.3) is 5.91 Å². The highest BCUT2D eigenvalue weighted by Crippen LogP contribution is 2.25. The van der Waals surface area contributed by atoms with Gasteiger partial charge in [-0.25, -0.2) is 4.98 Å². The molecule has 2 aromatic rings. The van der Waals surface area contributed by atoms with Crippen LogP contribution in [-0.2, 0) is 0 Å². The van der Waals surface area contributed by atoms with Crippen LogP contribution in [0.5, 0.6) is 5.75 Å². The van der Waals surface area contributed by atoms with Crippen LogP contribution in [0.4, 0.5) is 11.5 Å². The first kappa shape index (κ1) is 15.8. The lowest BCUT2D eigenvalue weighted by Crippen LogP contribution is -2.44. The minimum Gasteiger partial charge on any atom is -0.495 e. The van der Waals surface area contributed by atoms with Crippen LogP contribution < -0.4 is 15.0 Å². The van der Waals surface area contributed by atoms with Crippen molar-refractivity contribution < 1.29 is 9.53 Å². The minimum atomic E-state index is -0.198. The molecule has 3 rings (SSSR count). The predicted octanol–water partition coefficient (Wildman–Crippen LogP) is 2.16. The van der Waals surface area contributed by atoms with Crippen LogP contribution in [0.15, 0.2) is 29.8 Å². The summed E-state index contributed by atoms with van der Waals surface area (Å²) >= 11 is 1.35. The van der Waals surface area contributed by atoms with E-state index in [1.165, 1.54) is 11.3 Å². The van der Waals surface area contributed by atoms with E-state index < -0.39 is 0 Å². The van der Waals surface area contributed by atoms with Crippen molar-refractivity contribution in [1.29, 1.82) is 0 Å². The summed E-state index contributed by atoms with van der Waals surface area (Å²) in [6.07, 6.45) is 1.81. The summed E-state index contributed by atoms with van der Waals surface area (Å²) in [4.78, 5) is 21.8. The molecule has 3 heterocycles. The lowest BCUT2D eigenvalue weighted by molar-refractivity contribution is 0.102. The molecule has 0 unspecified atom stereocenters. The second-order valence-corrected chi connectivity index (χ2v) is 6.38.